The molecule has 8 heavy (non-hydrogen) atoms. The SMILES string of the molecule is [O]CC1CCOCO1. The molecule has 47 valence electrons. The third kappa shape index (κ3) is 1.43. The lowest BCUT2D eigenvalue weighted by Crippen LogP contribution is -2.25. The Bertz CT molecular complexity index is 58.7. The van der Waals surface area contributed by atoms with Gasteiger partial charge in [-0.05, 0) is 6.42 Å². The van der Waals surface area contributed by atoms with Crippen molar-refractivity contribution in [3.63, 3.8) is 0 Å². The van der Waals surface area contributed by atoms with Gasteiger partial charge in [0.2, 0.25) is 0 Å². The molecule has 0 saturated carbocycles. The van der Waals surface area contributed by atoms with Crippen LogP contribution in [-0.4, -0.2) is 26.1 Å². The number of hydrogen-bond donors (Lipinski definition) is 0. The van der Waals surface area contributed by atoms with E-state index < -0.39 is 0 Å². The second-order valence-electron chi connectivity index (χ2n) is 1.77. The molecule has 0 bridgehead atoms. The third-order valence-corrected chi connectivity index (χ3v) is 1.16. The molecule has 3 heteroatoms. The second kappa shape index (κ2) is 3.02. The molecule has 0 amide bonds. The van der Waals surface area contributed by atoms with E-state index in [1.807, 2.05) is 0 Å². The molecular formula is C5H9O3. The highest BCUT2D eigenvalue weighted by Gasteiger charge is 2.12. The van der Waals surface area contributed by atoms with Gasteiger partial charge in [-0.2, -0.15) is 0 Å². The maximum atomic E-state index is 10.1. The molecule has 3 nitrogen and oxygen atoms in total. The van der Waals surface area contributed by atoms with E-state index in [0.29, 0.717) is 13.4 Å². The van der Waals surface area contributed by atoms with Crippen LogP contribution in [-0.2, 0) is 14.6 Å². The number of rotatable bonds is 1. The van der Waals surface area contributed by atoms with E-state index in [0.717, 1.165) is 6.42 Å². The summed E-state index contributed by atoms with van der Waals surface area (Å²) in [5.41, 5.74) is 0. The van der Waals surface area contributed by atoms with E-state index in [2.05, 4.69) is 0 Å². The lowest BCUT2D eigenvalue weighted by Gasteiger charge is -2.19. The van der Waals surface area contributed by atoms with Crippen LogP contribution in [0.5, 0.6) is 0 Å². The molecule has 0 aromatic rings. The zero-order valence-electron chi connectivity index (χ0n) is 4.63. The zero-order valence-corrected chi connectivity index (χ0v) is 4.63. The second-order valence-corrected chi connectivity index (χ2v) is 1.77. The number of hydrogen-bond acceptors (Lipinski definition) is 2. The van der Waals surface area contributed by atoms with Crippen molar-refractivity contribution < 1.29 is 14.6 Å². The summed E-state index contributed by atoms with van der Waals surface area (Å²) >= 11 is 0. The van der Waals surface area contributed by atoms with Gasteiger partial charge in [0.15, 0.2) is 0 Å². The molecule has 1 saturated heterocycles. The van der Waals surface area contributed by atoms with Gasteiger partial charge in [-0.3, -0.25) is 0 Å². The molecule has 0 spiro atoms. The fourth-order valence-electron chi connectivity index (χ4n) is 0.633. The third-order valence-electron chi connectivity index (χ3n) is 1.16. The lowest BCUT2D eigenvalue weighted by molar-refractivity contribution is -0.155. The van der Waals surface area contributed by atoms with Crippen LogP contribution >= 0.6 is 0 Å². The van der Waals surface area contributed by atoms with Crippen molar-refractivity contribution in [2.45, 2.75) is 12.5 Å². The highest BCUT2D eigenvalue weighted by Crippen LogP contribution is 2.03. The fourth-order valence-corrected chi connectivity index (χ4v) is 0.633. The molecule has 1 aliphatic rings. The minimum absolute atomic E-state index is 0.0938. The van der Waals surface area contributed by atoms with E-state index in [1.165, 1.54) is 0 Å². The van der Waals surface area contributed by atoms with Crippen LogP contribution in [0.3, 0.4) is 0 Å². The van der Waals surface area contributed by atoms with Crippen molar-refractivity contribution in [1.82, 2.24) is 0 Å². The molecule has 0 aromatic heterocycles. The predicted octanol–water partition coefficient (Wildman–Crippen LogP) is 0.180. The minimum atomic E-state index is -0.136. The Kier molecular flexibility index (Phi) is 2.27. The highest BCUT2D eigenvalue weighted by atomic mass is 16.7. The summed E-state index contributed by atoms with van der Waals surface area (Å²) in [4.78, 5) is 0. The normalized spacial score (nSPS) is 30.4. The molecular weight excluding hydrogens is 108 g/mol. The van der Waals surface area contributed by atoms with Crippen LogP contribution in [0.1, 0.15) is 6.42 Å². The van der Waals surface area contributed by atoms with Gasteiger partial charge in [-0.15, -0.1) is 0 Å². The van der Waals surface area contributed by atoms with Gasteiger partial charge in [0.25, 0.3) is 0 Å². The summed E-state index contributed by atoms with van der Waals surface area (Å²) in [6, 6.07) is 0. The first kappa shape index (κ1) is 6.01. The van der Waals surface area contributed by atoms with Crippen molar-refractivity contribution in [1.29, 1.82) is 0 Å². The van der Waals surface area contributed by atoms with Crippen LogP contribution in [0.4, 0.5) is 0 Å². The Hall–Kier alpha value is -0.120. The summed E-state index contributed by atoms with van der Waals surface area (Å²) < 4.78 is 9.73. The minimum Gasteiger partial charge on any atom is -0.355 e. The van der Waals surface area contributed by atoms with Crippen molar-refractivity contribution in [3.8, 4) is 0 Å². The van der Waals surface area contributed by atoms with Crippen LogP contribution < -0.4 is 0 Å². The summed E-state index contributed by atoms with van der Waals surface area (Å²) in [5, 5.41) is 10.1. The van der Waals surface area contributed by atoms with Gasteiger partial charge in [-0.25, -0.2) is 5.11 Å². The first-order valence-corrected chi connectivity index (χ1v) is 2.71. The maximum Gasteiger partial charge on any atom is 0.147 e. The largest absolute Gasteiger partial charge is 0.355 e. The van der Waals surface area contributed by atoms with E-state index in [9.17, 15) is 5.11 Å². The molecule has 1 atom stereocenters. The van der Waals surface area contributed by atoms with Gasteiger partial charge >= 0.3 is 0 Å². The van der Waals surface area contributed by atoms with Crippen molar-refractivity contribution >= 4 is 0 Å². The van der Waals surface area contributed by atoms with Crippen LogP contribution in [0.2, 0.25) is 0 Å². The van der Waals surface area contributed by atoms with Crippen molar-refractivity contribution in [2.24, 2.45) is 0 Å². The van der Waals surface area contributed by atoms with E-state index >= 15 is 0 Å². The predicted molar refractivity (Wildman–Crippen MR) is 25.9 cm³/mol. The quantitative estimate of drug-likeness (QED) is 0.491. The topological polar surface area (TPSA) is 38.4 Å². The summed E-state index contributed by atoms with van der Waals surface area (Å²) in [6.07, 6.45) is 0.660. The standard InChI is InChI=1S/C5H9O3/c6-3-5-1-2-7-4-8-5/h5H,1-4H2. The molecule has 0 aromatic carbocycles. The van der Waals surface area contributed by atoms with Gasteiger partial charge < -0.3 is 9.47 Å². The molecule has 0 N–H and O–H groups in total. The number of ether oxygens (including phenoxy) is 2. The van der Waals surface area contributed by atoms with Crippen LogP contribution in [0.25, 0.3) is 0 Å². The Balaban J connectivity index is 2.13. The summed E-state index contributed by atoms with van der Waals surface area (Å²) in [6.45, 7) is 0.836. The highest BCUT2D eigenvalue weighted by molar-refractivity contribution is 4.55. The lowest BCUT2D eigenvalue weighted by atomic mass is 10.3. The zero-order chi connectivity index (χ0) is 5.82. The van der Waals surface area contributed by atoms with Gasteiger partial charge in [0.1, 0.15) is 13.4 Å². The average Bonchev–Trinajstić information content (AvgIpc) is 1.90. The Morgan fingerprint density at radius 2 is 2.50 bits per heavy atom. The van der Waals surface area contributed by atoms with Crippen molar-refractivity contribution in [2.75, 3.05) is 20.0 Å². The first-order valence-electron chi connectivity index (χ1n) is 2.71. The van der Waals surface area contributed by atoms with E-state index in [-0.39, 0.29) is 12.7 Å². The molecule has 1 heterocycles. The van der Waals surface area contributed by atoms with Gasteiger partial charge in [0, 0.05) is 0 Å². The van der Waals surface area contributed by atoms with Gasteiger partial charge in [-0.1, -0.05) is 0 Å². The molecule has 1 fully saturated rings. The summed E-state index contributed by atoms with van der Waals surface area (Å²) in [7, 11) is 0. The van der Waals surface area contributed by atoms with Crippen LogP contribution in [0, 0.1) is 0 Å². The molecule has 1 radical (unpaired) electrons. The van der Waals surface area contributed by atoms with Crippen molar-refractivity contribution in [3.05, 3.63) is 0 Å². The molecule has 0 aliphatic carbocycles. The van der Waals surface area contributed by atoms with E-state index in [4.69, 9.17) is 9.47 Å². The van der Waals surface area contributed by atoms with E-state index in [1.54, 1.807) is 0 Å². The Morgan fingerprint density at radius 1 is 1.62 bits per heavy atom. The smallest absolute Gasteiger partial charge is 0.147 e. The fraction of sp³-hybridized carbons (Fsp3) is 1.00. The van der Waals surface area contributed by atoms with Crippen LogP contribution in [0.15, 0.2) is 0 Å². The molecule has 1 unspecified atom stereocenters. The maximum absolute atomic E-state index is 10.1. The average molecular weight is 117 g/mol. The Labute approximate surface area is 48.2 Å². The Morgan fingerprint density at radius 3 is 2.88 bits per heavy atom. The molecule has 1 rings (SSSR count). The summed E-state index contributed by atoms with van der Waals surface area (Å²) in [5.74, 6) is 0. The molecule has 1 aliphatic heterocycles. The monoisotopic (exact) mass is 117 g/mol. The van der Waals surface area contributed by atoms with Gasteiger partial charge in [0.05, 0.1) is 12.7 Å². The first-order chi connectivity index (χ1) is 3.93.